The summed E-state index contributed by atoms with van der Waals surface area (Å²) in [6.45, 7) is 2.10. The van der Waals surface area contributed by atoms with Gasteiger partial charge in [0.15, 0.2) is 0 Å². The van der Waals surface area contributed by atoms with Crippen LogP contribution < -0.4 is 0 Å². The number of fused-ring (bicyclic) bond motifs is 1. The SMILES string of the molecule is C/C(=C/c1nc2ccccc2[nH]1)c1ccccc1. The normalized spacial score (nSPS) is 11.9. The van der Waals surface area contributed by atoms with Crippen molar-refractivity contribution in [1.82, 2.24) is 9.97 Å². The number of para-hydroxylation sites is 2. The summed E-state index contributed by atoms with van der Waals surface area (Å²) in [7, 11) is 0. The molecule has 0 saturated heterocycles. The molecular weight excluding hydrogens is 220 g/mol. The highest BCUT2D eigenvalue weighted by Crippen LogP contribution is 2.18. The number of hydrogen-bond acceptors (Lipinski definition) is 1. The average molecular weight is 234 g/mol. The molecule has 18 heavy (non-hydrogen) atoms. The maximum Gasteiger partial charge on any atom is 0.131 e. The van der Waals surface area contributed by atoms with Gasteiger partial charge in [-0.3, -0.25) is 0 Å². The highest BCUT2D eigenvalue weighted by Gasteiger charge is 2.00. The molecule has 0 spiro atoms. The fourth-order valence-electron chi connectivity index (χ4n) is 2.03. The van der Waals surface area contributed by atoms with Crippen LogP contribution in [0.5, 0.6) is 0 Å². The molecule has 0 saturated carbocycles. The third kappa shape index (κ3) is 2.05. The zero-order valence-corrected chi connectivity index (χ0v) is 10.2. The second-order valence-corrected chi connectivity index (χ2v) is 4.33. The fourth-order valence-corrected chi connectivity index (χ4v) is 2.03. The Bertz CT molecular complexity index is 660. The smallest absolute Gasteiger partial charge is 0.131 e. The lowest BCUT2D eigenvalue weighted by Crippen LogP contribution is -1.80. The lowest BCUT2D eigenvalue weighted by molar-refractivity contribution is 1.29. The van der Waals surface area contributed by atoms with Gasteiger partial charge in [0.25, 0.3) is 0 Å². The van der Waals surface area contributed by atoms with E-state index in [-0.39, 0.29) is 0 Å². The van der Waals surface area contributed by atoms with Crippen molar-refractivity contribution in [2.24, 2.45) is 0 Å². The lowest BCUT2D eigenvalue weighted by Gasteiger charge is -1.99. The van der Waals surface area contributed by atoms with Gasteiger partial charge in [0.2, 0.25) is 0 Å². The van der Waals surface area contributed by atoms with Gasteiger partial charge in [-0.1, -0.05) is 42.5 Å². The van der Waals surface area contributed by atoms with E-state index in [2.05, 4.69) is 35.1 Å². The molecule has 2 heteroatoms. The monoisotopic (exact) mass is 234 g/mol. The molecule has 3 aromatic rings. The third-order valence-corrected chi connectivity index (χ3v) is 2.99. The molecule has 0 bridgehead atoms. The van der Waals surface area contributed by atoms with E-state index in [1.54, 1.807) is 0 Å². The average Bonchev–Trinajstić information content (AvgIpc) is 2.82. The van der Waals surface area contributed by atoms with Gasteiger partial charge in [-0.15, -0.1) is 0 Å². The quantitative estimate of drug-likeness (QED) is 0.709. The van der Waals surface area contributed by atoms with Crippen molar-refractivity contribution < 1.29 is 0 Å². The van der Waals surface area contributed by atoms with E-state index in [1.807, 2.05) is 42.5 Å². The molecule has 1 N–H and O–H groups in total. The highest BCUT2D eigenvalue weighted by molar-refractivity contribution is 5.82. The lowest BCUT2D eigenvalue weighted by atomic mass is 10.1. The van der Waals surface area contributed by atoms with Crippen molar-refractivity contribution >= 4 is 22.7 Å². The first kappa shape index (κ1) is 10.8. The van der Waals surface area contributed by atoms with Crippen LogP contribution in [-0.2, 0) is 0 Å². The minimum Gasteiger partial charge on any atom is -0.338 e. The summed E-state index contributed by atoms with van der Waals surface area (Å²) in [5.74, 6) is 0.901. The fraction of sp³-hybridized carbons (Fsp3) is 0.0625. The predicted octanol–water partition coefficient (Wildman–Crippen LogP) is 4.12. The first-order valence-corrected chi connectivity index (χ1v) is 6.01. The van der Waals surface area contributed by atoms with Gasteiger partial charge in [0, 0.05) is 0 Å². The standard InChI is InChI=1S/C16H14N2/c1-12(13-7-3-2-4-8-13)11-16-17-14-9-5-6-10-15(14)18-16/h2-11H,1H3,(H,17,18)/b12-11-. The van der Waals surface area contributed by atoms with E-state index in [0.717, 1.165) is 16.9 Å². The van der Waals surface area contributed by atoms with Gasteiger partial charge >= 0.3 is 0 Å². The Hall–Kier alpha value is -2.35. The number of nitrogens with zero attached hydrogens (tertiary/aromatic N) is 1. The number of aromatic amines is 1. The zero-order chi connectivity index (χ0) is 12.4. The van der Waals surface area contributed by atoms with Crippen molar-refractivity contribution in [3.63, 3.8) is 0 Å². The molecule has 1 heterocycles. The van der Waals surface area contributed by atoms with E-state index in [4.69, 9.17) is 0 Å². The Kier molecular flexibility index (Phi) is 2.69. The van der Waals surface area contributed by atoms with E-state index in [9.17, 15) is 0 Å². The topological polar surface area (TPSA) is 28.7 Å². The Morgan fingerprint density at radius 1 is 1.00 bits per heavy atom. The molecular formula is C16H14N2. The molecule has 1 aromatic heterocycles. The van der Waals surface area contributed by atoms with Gasteiger partial charge in [0.1, 0.15) is 5.82 Å². The third-order valence-electron chi connectivity index (χ3n) is 2.99. The van der Waals surface area contributed by atoms with Crippen LogP contribution in [0.4, 0.5) is 0 Å². The Balaban J connectivity index is 2.00. The van der Waals surface area contributed by atoms with Gasteiger partial charge in [-0.2, -0.15) is 0 Å². The molecule has 0 atom stereocenters. The molecule has 3 rings (SSSR count). The summed E-state index contributed by atoms with van der Waals surface area (Å²) >= 11 is 0. The van der Waals surface area contributed by atoms with Crippen molar-refractivity contribution in [3.8, 4) is 0 Å². The summed E-state index contributed by atoms with van der Waals surface area (Å²) in [4.78, 5) is 7.85. The molecule has 0 aliphatic rings. The van der Waals surface area contributed by atoms with Crippen LogP contribution in [0.1, 0.15) is 18.3 Å². The second-order valence-electron chi connectivity index (χ2n) is 4.33. The molecule has 2 nitrogen and oxygen atoms in total. The van der Waals surface area contributed by atoms with E-state index < -0.39 is 0 Å². The molecule has 0 amide bonds. The van der Waals surface area contributed by atoms with Gasteiger partial charge in [-0.25, -0.2) is 4.98 Å². The first-order valence-electron chi connectivity index (χ1n) is 6.01. The number of benzene rings is 2. The molecule has 0 radical (unpaired) electrons. The summed E-state index contributed by atoms with van der Waals surface area (Å²) in [5.41, 5.74) is 4.50. The molecule has 0 fully saturated rings. The van der Waals surface area contributed by atoms with E-state index in [1.165, 1.54) is 11.1 Å². The Labute approximate surface area is 106 Å². The van der Waals surface area contributed by atoms with Crippen molar-refractivity contribution in [2.75, 3.05) is 0 Å². The van der Waals surface area contributed by atoms with Crippen LogP contribution in [-0.4, -0.2) is 9.97 Å². The van der Waals surface area contributed by atoms with Gasteiger partial charge < -0.3 is 4.98 Å². The van der Waals surface area contributed by atoms with Gasteiger partial charge in [0.05, 0.1) is 11.0 Å². The first-order chi connectivity index (χ1) is 8.83. The predicted molar refractivity (Wildman–Crippen MR) is 76.1 cm³/mol. The Morgan fingerprint density at radius 2 is 1.72 bits per heavy atom. The van der Waals surface area contributed by atoms with Crippen LogP contribution in [0.25, 0.3) is 22.7 Å². The maximum absolute atomic E-state index is 4.55. The van der Waals surface area contributed by atoms with Crippen molar-refractivity contribution in [2.45, 2.75) is 6.92 Å². The zero-order valence-electron chi connectivity index (χ0n) is 10.2. The van der Waals surface area contributed by atoms with Crippen LogP contribution in [0, 0.1) is 0 Å². The summed E-state index contributed by atoms with van der Waals surface area (Å²) < 4.78 is 0. The minimum atomic E-state index is 0.901. The largest absolute Gasteiger partial charge is 0.338 e. The number of imidazole rings is 1. The highest BCUT2D eigenvalue weighted by atomic mass is 14.9. The van der Waals surface area contributed by atoms with E-state index >= 15 is 0 Å². The summed E-state index contributed by atoms with van der Waals surface area (Å²) in [6.07, 6.45) is 2.08. The van der Waals surface area contributed by atoms with Crippen LogP contribution in [0.2, 0.25) is 0 Å². The van der Waals surface area contributed by atoms with Crippen LogP contribution in [0.15, 0.2) is 54.6 Å². The van der Waals surface area contributed by atoms with Crippen molar-refractivity contribution in [1.29, 1.82) is 0 Å². The number of rotatable bonds is 2. The van der Waals surface area contributed by atoms with E-state index in [0.29, 0.717) is 0 Å². The van der Waals surface area contributed by atoms with Crippen molar-refractivity contribution in [3.05, 3.63) is 66.0 Å². The molecule has 0 aliphatic carbocycles. The molecule has 88 valence electrons. The molecule has 0 aliphatic heterocycles. The second kappa shape index (κ2) is 4.49. The van der Waals surface area contributed by atoms with Gasteiger partial charge in [-0.05, 0) is 36.3 Å². The number of allylic oxidation sites excluding steroid dienone is 1. The molecule has 2 aromatic carbocycles. The summed E-state index contributed by atoms with van der Waals surface area (Å²) in [6, 6.07) is 18.4. The number of aromatic nitrogens is 2. The van der Waals surface area contributed by atoms with Crippen LogP contribution in [0.3, 0.4) is 0 Å². The van der Waals surface area contributed by atoms with Crippen LogP contribution >= 0.6 is 0 Å². The summed E-state index contributed by atoms with van der Waals surface area (Å²) in [5, 5.41) is 0. The number of nitrogens with one attached hydrogen (secondary N) is 1. The molecule has 0 unspecified atom stereocenters. The maximum atomic E-state index is 4.55. The minimum absolute atomic E-state index is 0.901. The number of H-pyrrole nitrogens is 1. The number of hydrogen-bond donors (Lipinski definition) is 1. The Morgan fingerprint density at radius 3 is 2.50 bits per heavy atom.